The van der Waals surface area contributed by atoms with Crippen LogP contribution in [0.5, 0.6) is 17.2 Å². The zero-order valence-corrected chi connectivity index (χ0v) is 19.4. The number of hydrogen-bond acceptors (Lipinski definition) is 6. The Morgan fingerprint density at radius 3 is 2.47 bits per heavy atom. The summed E-state index contributed by atoms with van der Waals surface area (Å²) >= 11 is 0. The fourth-order valence-electron chi connectivity index (χ4n) is 3.18. The molecule has 1 unspecified atom stereocenters. The predicted molar refractivity (Wildman–Crippen MR) is 127 cm³/mol. The van der Waals surface area contributed by atoms with Gasteiger partial charge in [0.1, 0.15) is 18.5 Å². The highest BCUT2D eigenvalue weighted by molar-refractivity contribution is 5.90. The number of methoxy groups -OCH3 is 2. The van der Waals surface area contributed by atoms with Gasteiger partial charge in [-0.05, 0) is 61.3 Å². The summed E-state index contributed by atoms with van der Waals surface area (Å²) in [5.74, 6) is 2.10. The van der Waals surface area contributed by atoms with Crippen LogP contribution in [0.1, 0.15) is 38.2 Å². The van der Waals surface area contributed by atoms with Gasteiger partial charge in [0.2, 0.25) is 5.91 Å². The van der Waals surface area contributed by atoms with E-state index in [1.165, 1.54) is 0 Å². The summed E-state index contributed by atoms with van der Waals surface area (Å²) in [6.07, 6.45) is 3.78. The van der Waals surface area contributed by atoms with Crippen LogP contribution in [0, 0.1) is 0 Å². The van der Waals surface area contributed by atoms with E-state index in [1.807, 2.05) is 18.2 Å². The molecule has 0 aliphatic heterocycles. The molecular formula is C25H36N2O5. The second kappa shape index (κ2) is 14.3. The SMILES string of the molecule is CCCCCC(=O)Nc1ccc(OCC(O)CNCCc2ccc(OC)c(OC)c2)cc1. The van der Waals surface area contributed by atoms with Gasteiger partial charge in [-0.1, -0.05) is 25.8 Å². The van der Waals surface area contributed by atoms with Gasteiger partial charge in [0.15, 0.2) is 11.5 Å². The summed E-state index contributed by atoms with van der Waals surface area (Å²) in [5.41, 5.74) is 1.87. The Bertz CT molecular complexity index is 810. The topological polar surface area (TPSA) is 89.1 Å². The highest BCUT2D eigenvalue weighted by Gasteiger charge is 2.08. The maximum atomic E-state index is 11.9. The van der Waals surface area contributed by atoms with Crippen LogP contribution >= 0.6 is 0 Å². The van der Waals surface area contributed by atoms with E-state index in [0.717, 1.165) is 43.5 Å². The van der Waals surface area contributed by atoms with E-state index in [0.29, 0.717) is 30.2 Å². The maximum Gasteiger partial charge on any atom is 0.224 e. The molecule has 0 aliphatic carbocycles. The minimum atomic E-state index is -0.627. The molecule has 0 radical (unpaired) electrons. The second-order valence-corrected chi connectivity index (χ2v) is 7.64. The standard InChI is InChI=1S/C25H36N2O5/c1-4-5-6-7-25(29)27-20-9-11-22(12-10-20)32-18-21(28)17-26-15-14-19-8-13-23(30-2)24(16-19)31-3/h8-13,16,21,26,28H,4-7,14-15,17-18H2,1-3H3,(H,27,29). The lowest BCUT2D eigenvalue weighted by Gasteiger charge is -2.14. The van der Waals surface area contributed by atoms with E-state index in [9.17, 15) is 9.90 Å². The molecule has 1 atom stereocenters. The Hall–Kier alpha value is -2.77. The third-order valence-corrected chi connectivity index (χ3v) is 5.01. The van der Waals surface area contributed by atoms with Gasteiger partial charge in [-0.25, -0.2) is 0 Å². The number of aliphatic hydroxyl groups is 1. The lowest BCUT2D eigenvalue weighted by Crippen LogP contribution is -2.32. The molecule has 0 bridgehead atoms. The van der Waals surface area contributed by atoms with Crippen molar-refractivity contribution in [1.29, 1.82) is 0 Å². The van der Waals surface area contributed by atoms with E-state index < -0.39 is 6.10 Å². The minimum absolute atomic E-state index is 0.0294. The molecule has 7 nitrogen and oxygen atoms in total. The van der Waals surface area contributed by atoms with Gasteiger partial charge in [-0.3, -0.25) is 4.79 Å². The average Bonchev–Trinajstić information content (AvgIpc) is 2.81. The summed E-state index contributed by atoms with van der Waals surface area (Å²) in [6.45, 7) is 3.45. The first-order valence-electron chi connectivity index (χ1n) is 11.2. The van der Waals surface area contributed by atoms with Gasteiger partial charge in [-0.15, -0.1) is 0 Å². The third kappa shape index (κ3) is 9.16. The van der Waals surface area contributed by atoms with Crippen LogP contribution in [0.15, 0.2) is 42.5 Å². The van der Waals surface area contributed by atoms with Gasteiger partial charge in [0.05, 0.1) is 14.2 Å². The summed E-state index contributed by atoms with van der Waals surface area (Å²) in [7, 11) is 3.23. The van der Waals surface area contributed by atoms with Gasteiger partial charge in [0.25, 0.3) is 0 Å². The number of aliphatic hydroxyl groups excluding tert-OH is 1. The van der Waals surface area contributed by atoms with E-state index in [-0.39, 0.29) is 12.5 Å². The average molecular weight is 445 g/mol. The molecule has 3 N–H and O–H groups in total. The molecule has 176 valence electrons. The Morgan fingerprint density at radius 1 is 1.03 bits per heavy atom. The molecule has 0 heterocycles. The molecular weight excluding hydrogens is 408 g/mol. The fourth-order valence-corrected chi connectivity index (χ4v) is 3.18. The molecule has 7 heteroatoms. The van der Waals surface area contributed by atoms with Crippen molar-refractivity contribution in [3.63, 3.8) is 0 Å². The Morgan fingerprint density at radius 2 is 1.78 bits per heavy atom. The Kier molecular flexibility index (Phi) is 11.4. The van der Waals surface area contributed by atoms with E-state index in [1.54, 1.807) is 38.5 Å². The van der Waals surface area contributed by atoms with Crippen molar-refractivity contribution in [3.05, 3.63) is 48.0 Å². The number of ether oxygens (including phenoxy) is 3. The maximum absolute atomic E-state index is 11.9. The number of anilines is 1. The second-order valence-electron chi connectivity index (χ2n) is 7.64. The first-order valence-corrected chi connectivity index (χ1v) is 11.2. The first-order chi connectivity index (χ1) is 15.5. The molecule has 0 aliphatic rings. The highest BCUT2D eigenvalue weighted by Crippen LogP contribution is 2.27. The Balaban J connectivity index is 1.64. The smallest absolute Gasteiger partial charge is 0.224 e. The number of benzene rings is 2. The van der Waals surface area contributed by atoms with Crippen molar-refractivity contribution in [3.8, 4) is 17.2 Å². The van der Waals surface area contributed by atoms with Crippen molar-refractivity contribution in [1.82, 2.24) is 5.32 Å². The van der Waals surface area contributed by atoms with E-state index in [2.05, 4.69) is 17.6 Å². The number of carbonyl (C=O) groups is 1. The number of nitrogens with one attached hydrogen (secondary N) is 2. The van der Waals surface area contributed by atoms with Crippen molar-refractivity contribution in [2.45, 2.75) is 45.1 Å². The molecule has 0 fully saturated rings. The molecule has 2 rings (SSSR count). The molecule has 2 aromatic carbocycles. The number of unbranched alkanes of at least 4 members (excludes halogenated alkanes) is 2. The van der Waals surface area contributed by atoms with Crippen LogP contribution in [0.3, 0.4) is 0 Å². The molecule has 0 saturated carbocycles. The largest absolute Gasteiger partial charge is 0.493 e. The zero-order valence-electron chi connectivity index (χ0n) is 19.4. The molecule has 0 spiro atoms. The molecule has 0 aromatic heterocycles. The van der Waals surface area contributed by atoms with Crippen molar-refractivity contribution >= 4 is 11.6 Å². The van der Waals surface area contributed by atoms with Crippen LogP contribution in [0.4, 0.5) is 5.69 Å². The van der Waals surface area contributed by atoms with Crippen LogP contribution < -0.4 is 24.8 Å². The normalized spacial score (nSPS) is 11.6. The number of carbonyl (C=O) groups excluding carboxylic acids is 1. The first kappa shape index (κ1) is 25.5. The molecule has 2 aromatic rings. The van der Waals surface area contributed by atoms with Crippen LogP contribution in [0.2, 0.25) is 0 Å². The van der Waals surface area contributed by atoms with E-state index >= 15 is 0 Å². The lowest BCUT2D eigenvalue weighted by molar-refractivity contribution is -0.116. The van der Waals surface area contributed by atoms with E-state index in [4.69, 9.17) is 14.2 Å². The highest BCUT2D eigenvalue weighted by atomic mass is 16.5. The lowest BCUT2D eigenvalue weighted by atomic mass is 10.1. The van der Waals surface area contributed by atoms with Crippen LogP contribution in [-0.2, 0) is 11.2 Å². The number of rotatable bonds is 15. The summed E-state index contributed by atoms with van der Waals surface area (Å²) in [6, 6.07) is 13.0. The van der Waals surface area contributed by atoms with Crippen molar-refractivity contribution < 1.29 is 24.1 Å². The zero-order chi connectivity index (χ0) is 23.2. The fraction of sp³-hybridized carbons (Fsp3) is 0.480. The summed E-state index contributed by atoms with van der Waals surface area (Å²) in [4.78, 5) is 11.9. The monoisotopic (exact) mass is 444 g/mol. The number of hydrogen-bond donors (Lipinski definition) is 3. The van der Waals surface area contributed by atoms with Crippen LogP contribution in [0.25, 0.3) is 0 Å². The predicted octanol–water partition coefficient (Wildman–Crippen LogP) is 3.79. The van der Waals surface area contributed by atoms with Crippen molar-refractivity contribution in [2.75, 3.05) is 39.2 Å². The molecule has 1 amide bonds. The van der Waals surface area contributed by atoms with Gasteiger partial charge < -0.3 is 30.0 Å². The van der Waals surface area contributed by atoms with Gasteiger partial charge >= 0.3 is 0 Å². The quantitative estimate of drug-likeness (QED) is 0.362. The van der Waals surface area contributed by atoms with Crippen molar-refractivity contribution in [2.24, 2.45) is 0 Å². The minimum Gasteiger partial charge on any atom is -0.493 e. The van der Waals surface area contributed by atoms with Gasteiger partial charge in [0, 0.05) is 18.7 Å². The summed E-state index contributed by atoms with van der Waals surface area (Å²) < 4.78 is 16.2. The number of amides is 1. The van der Waals surface area contributed by atoms with Crippen LogP contribution in [-0.4, -0.2) is 51.0 Å². The Labute approximate surface area is 191 Å². The summed E-state index contributed by atoms with van der Waals surface area (Å²) in [5, 5.41) is 16.3. The third-order valence-electron chi connectivity index (χ3n) is 5.01. The molecule has 0 saturated heterocycles. The van der Waals surface area contributed by atoms with Gasteiger partial charge in [-0.2, -0.15) is 0 Å². The molecule has 32 heavy (non-hydrogen) atoms.